The summed E-state index contributed by atoms with van der Waals surface area (Å²) in [6.45, 7) is 6.45. The maximum absolute atomic E-state index is 13.6. The Balaban J connectivity index is 0.000000421. The number of amides is 2. The molecule has 1 aromatic heterocycles. The fourth-order valence-corrected chi connectivity index (χ4v) is 6.14. The van der Waals surface area contributed by atoms with Crippen molar-refractivity contribution < 1.29 is 27.5 Å². The van der Waals surface area contributed by atoms with Gasteiger partial charge in [-0.05, 0) is 48.0 Å². The molecule has 0 bridgehead atoms. The van der Waals surface area contributed by atoms with Gasteiger partial charge in [-0.25, -0.2) is 13.4 Å². The molecule has 3 aromatic rings. The number of likely N-dealkylation sites (tertiary alicyclic amines) is 1. The number of hydrogen-bond donors (Lipinski definition) is 2. The number of rotatable bonds is 5. The first kappa shape index (κ1) is 32.9. The average Bonchev–Trinajstić information content (AvgIpc) is 3.00. The molecule has 10 nitrogen and oxygen atoms in total. The van der Waals surface area contributed by atoms with Crippen LogP contribution >= 0.6 is 12.6 Å². The van der Waals surface area contributed by atoms with Crippen LogP contribution in [-0.4, -0.2) is 74.3 Å². The van der Waals surface area contributed by atoms with E-state index >= 15 is 0 Å². The first-order valence-electron chi connectivity index (χ1n) is 14.0. The zero-order chi connectivity index (χ0) is 32.1. The van der Waals surface area contributed by atoms with E-state index in [2.05, 4.69) is 17.5 Å². The predicted molar refractivity (Wildman–Crippen MR) is 172 cm³/mol. The number of morpholine rings is 1. The van der Waals surface area contributed by atoms with Crippen LogP contribution in [0.25, 0.3) is 6.08 Å². The summed E-state index contributed by atoms with van der Waals surface area (Å²) >= 11 is 4.10. The number of carbonyl (C=O) groups excluding carboxylic acids is 3. The van der Waals surface area contributed by atoms with Gasteiger partial charge in [-0.3, -0.25) is 14.4 Å². The molecular formula is C32H36N4O6S2. The molecular weight excluding hydrogens is 601 g/mol. The van der Waals surface area contributed by atoms with Gasteiger partial charge in [0.05, 0.1) is 41.8 Å². The molecule has 2 aliphatic rings. The number of sulfone groups is 1. The molecule has 12 heteroatoms. The second-order valence-electron chi connectivity index (χ2n) is 11.1. The number of piperidine rings is 1. The Morgan fingerprint density at radius 3 is 2.18 bits per heavy atom. The van der Waals surface area contributed by atoms with Gasteiger partial charge in [-0.1, -0.05) is 62.9 Å². The number of ketones is 1. The number of Topliss-reactive ketones (excluding diaryl/α,β-unsaturated/α-hetero) is 1. The monoisotopic (exact) mass is 636 g/mol. The van der Waals surface area contributed by atoms with Crippen molar-refractivity contribution in [3.8, 4) is 0 Å². The van der Waals surface area contributed by atoms with Crippen LogP contribution in [0.5, 0.6) is 0 Å². The number of nitrogens with two attached hydrogens (primary N) is 1. The summed E-state index contributed by atoms with van der Waals surface area (Å²) < 4.78 is 29.1. The lowest BCUT2D eigenvalue weighted by atomic mass is 9.71. The van der Waals surface area contributed by atoms with Crippen LogP contribution < -0.4 is 10.6 Å². The molecule has 44 heavy (non-hydrogen) atoms. The molecule has 1 unspecified atom stereocenters. The molecule has 2 aliphatic heterocycles. The fourth-order valence-electron chi connectivity index (χ4n) is 5.33. The third kappa shape index (κ3) is 7.74. The van der Waals surface area contributed by atoms with Crippen LogP contribution in [0.4, 0.5) is 10.6 Å². The highest BCUT2D eigenvalue weighted by atomic mass is 32.2. The Morgan fingerprint density at radius 2 is 1.64 bits per heavy atom. The molecule has 232 valence electrons. The molecule has 2 saturated heterocycles. The van der Waals surface area contributed by atoms with E-state index in [0.717, 1.165) is 25.2 Å². The van der Waals surface area contributed by atoms with Gasteiger partial charge in [0.25, 0.3) is 5.24 Å². The fraction of sp³-hybridized carbons (Fsp3) is 0.312. The highest BCUT2D eigenvalue weighted by Crippen LogP contribution is 2.45. The Kier molecular flexibility index (Phi) is 10.3. The number of primary amides is 1. The number of anilines is 1. The van der Waals surface area contributed by atoms with Gasteiger partial charge in [-0.15, -0.1) is 0 Å². The van der Waals surface area contributed by atoms with Gasteiger partial charge in [0.1, 0.15) is 5.82 Å². The first-order valence-corrected chi connectivity index (χ1v) is 16.3. The van der Waals surface area contributed by atoms with Gasteiger partial charge >= 0.3 is 0 Å². The Morgan fingerprint density at radius 1 is 1.00 bits per heavy atom. The molecule has 3 heterocycles. The first-order chi connectivity index (χ1) is 20.8. The number of aromatic nitrogens is 1. The van der Waals surface area contributed by atoms with Crippen molar-refractivity contribution in [1.29, 1.82) is 0 Å². The summed E-state index contributed by atoms with van der Waals surface area (Å²) in [7, 11) is -3.36. The van der Waals surface area contributed by atoms with Gasteiger partial charge in [0.15, 0.2) is 15.6 Å². The van der Waals surface area contributed by atoms with E-state index in [1.165, 1.54) is 17.0 Å². The molecule has 0 spiro atoms. The van der Waals surface area contributed by atoms with Crippen LogP contribution in [0, 0.1) is 5.41 Å². The summed E-state index contributed by atoms with van der Waals surface area (Å²) in [6.07, 6.45) is 2.87. The predicted octanol–water partition coefficient (Wildman–Crippen LogP) is 4.19. The number of hydrogen-bond acceptors (Lipinski definition) is 8. The standard InChI is InChI=1S/C25H29N3O5S2.C7H7NO/c1-25(2)22(17-7-9-20(10-8-17)35(3,31)32)28(24(30)34)16-18(23(25)29)15-19-5-4-6-21(26-19)27-11-13-33-14-12-27;8-7(9)6-4-2-1-3-5-6/h4-10,15,22H,11-14,16H2,1-3H3,(H,30,34);1-5H,(H2,8,9)/b18-15+;. The van der Waals surface area contributed by atoms with E-state index in [-0.39, 0.29) is 23.1 Å². The highest BCUT2D eigenvalue weighted by molar-refractivity contribution is 7.96. The zero-order valence-electron chi connectivity index (χ0n) is 24.8. The van der Waals surface area contributed by atoms with Crippen LogP contribution in [0.1, 0.15) is 41.5 Å². The molecule has 2 amide bonds. The molecule has 0 radical (unpaired) electrons. The Labute approximate surface area is 263 Å². The SMILES string of the molecule is CC1(C)C(=O)/C(=C/c2cccc(N3CCOCC3)n2)CN(C(=O)S)C1c1ccc(S(C)(=O)=O)cc1.NC(=O)c1ccccc1. The van der Waals surface area contributed by atoms with E-state index < -0.39 is 26.5 Å². The zero-order valence-corrected chi connectivity index (χ0v) is 26.6. The topological polar surface area (TPSA) is 140 Å². The number of ether oxygens (including phenoxy) is 1. The molecule has 5 rings (SSSR count). The third-order valence-corrected chi connectivity index (χ3v) is 8.94. The van der Waals surface area contributed by atoms with Crippen molar-refractivity contribution in [3.63, 3.8) is 0 Å². The largest absolute Gasteiger partial charge is 0.378 e. The van der Waals surface area contributed by atoms with Crippen molar-refractivity contribution >= 4 is 51.3 Å². The van der Waals surface area contributed by atoms with Crippen LogP contribution in [0.15, 0.2) is 83.3 Å². The maximum atomic E-state index is 13.6. The molecule has 2 N–H and O–H groups in total. The minimum Gasteiger partial charge on any atom is -0.378 e. The minimum atomic E-state index is -3.36. The number of carbonyl (C=O) groups is 3. The molecule has 2 aromatic carbocycles. The van der Waals surface area contributed by atoms with Gasteiger partial charge in [-0.2, -0.15) is 0 Å². The van der Waals surface area contributed by atoms with Crippen molar-refractivity contribution in [2.45, 2.75) is 24.8 Å². The molecule has 1 atom stereocenters. The Hall–Kier alpha value is -4.00. The number of nitrogens with zero attached hydrogens (tertiary/aromatic N) is 3. The summed E-state index contributed by atoms with van der Waals surface area (Å²) in [5.41, 5.74) is 6.32. The van der Waals surface area contributed by atoms with E-state index in [1.807, 2.05) is 24.3 Å². The molecule has 0 saturated carbocycles. The summed E-state index contributed by atoms with van der Waals surface area (Å²) in [5, 5.41) is -0.469. The lowest BCUT2D eigenvalue weighted by Crippen LogP contribution is -2.51. The van der Waals surface area contributed by atoms with Crippen LogP contribution in [0.3, 0.4) is 0 Å². The molecule has 0 aliphatic carbocycles. The summed E-state index contributed by atoms with van der Waals surface area (Å²) in [4.78, 5) is 45.2. The van der Waals surface area contributed by atoms with Crippen molar-refractivity contribution in [1.82, 2.24) is 9.88 Å². The second-order valence-corrected chi connectivity index (χ2v) is 13.5. The summed E-state index contributed by atoms with van der Waals surface area (Å²) in [5.74, 6) is 0.339. The minimum absolute atomic E-state index is 0.0759. The number of benzene rings is 2. The van der Waals surface area contributed by atoms with Crippen molar-refractivity contribution in [3.05, 3.63) is 95.2 Å². The third-order valence-electron chi connectivity index (χ3n) is 7.55. The van der Waals surface area contributed by atoms with E-state index in [4.69, 9.17) is 15.5 Å². The van der Waals surface area contributed by atoms with Gasteiger partial charge in [0.2, 0.25) is 5.91 Å². The average molecular weight is 637 g/mol. The summed E-state index contributed by atoms with van der Waals surface area (Å²) in [6, 6.07) is 20.1. The lowest BCUT2D eigenvalue weighted by Gasteiger charge is -2.46. The maximum Gasteiger partial charge on any atom is 0.279 e. The number of thiol groups is 1. The van der Waals surface area contributed by atoms with Gasteiger partial charge in [0, 0.05) is 30.5 Å². The van der Waals surface area contributed by atoms with Crippen molar-refractivity contribution in [2.75, 3.05) is 44.0 Å². The van der Waals surface area contributed by atoms with Crippen molar-refractivity contribution in [2.24, 2.45) is 11.1 Å². The highest BCUT2D eigenvalue weighted by Gasteiger charge is 2.48. The quantitative estimate of drug-likeness (QED) is 0.314. The second kappa shape index (κ2) is 13.7. The van der Waals surface area contributed by atoms with E-state index in [1.54, 1.807) is 56.3 Å². The normalized spacial score (nSPS) is 19.2. The molecule has 2 fully saturated rings. The van der Waals surface area contributed by atoms with Gasteiger partial charge < -0.3 is 20.3 Å². The lowest BCUT2D eigenvalue weighted by molar-refractivity contribution is -0.128. The number of pyridine rings is 1. The Bertz CT molecular complexity index is 1650. The van der Waals surface area contributed by atoms with Crippen LogP contribution in [0.2, 0.25) is 0 Å². The van der Waals surface area contributed by atoms with E-state index in [9.17, 15) is 22.8 Å². The smallest absolute Gasteiger partial charge is 0.279 e. The van der Waals surface area contributed by atoms with Crippen LogP contribution in [-0.2, 0) is 19.4 Å². The van der Waals surface area contributed by atoms with E-state index in [0.29, 0.717) is 35.6 Å².